The maximum Gasteiger partial charge on any atom is 0.189 e. The van der Waals surface area contributed by atoms with Crippen molar-refractivity contribution in [3.8, 4) is 5.75 Å². The van der Waals surface area contributed by atoms with Crippen LogP contribution in [0.15, 0.2) is 12.1 Å². The molecule has 0 spiro atoms. The summed E-state index contributed by atoms with van der Waals surface area (Å²) >= 11 is 6.04. The Morgan fingerprint density at radius 1 is 1.53 bits per heavy atom. The van der Waals surface area contributed by atoms with Gasteiger partial charge in [0, 0.05) is 17.0 Å². The third-order valence-corrected chi connectivity index (χ3v) is 2.58. The molecule has 0 N–H and O–H groups in total. The first-order chi connectivity index (χ1) is 7.16. The van der Waals surface area contributed by atoms with Crippen LogP contribution in [0.2, 0.25) is 5.02 Å². The quantitative estimate of drug-likeness (QED) is 0.777. The van der Waals surface area contributed by atoms with E-state index in [1.165, 1.54) is 0 Å². The minimum atomic E-state index is 0.0870. The Balaban J connectivity index is 2.36. The second-order valence-corrected chi connectivity index (χ2v) is 3.95. The molecule has 0 saturated heterocycles. The predicted molar refractivity (Wildman–Crippen MR) is 56.1 cm³/mol. The van der Waals surface area contributed by atoms with Gasteiger partial charge in [-0.1, -0.05) is 11.6 Å². The van der Waals surface area contributed by atoms with Crippen LogP contribution in [0.4, 0.5) is 0 Å². The van der Waals surface area contributed by atoms with Crippen molar-refractivity contribution >= 4 is 17.4 Å². The lowest BCUT2D eigenvalue weighted by Gasteiger charge is -2.19. The molecule has 4 heteroatoms. The number of ketones is 1. The number of halogens is 1. The second kappa shape index (κ2) is 4.21. The minimum Gasteiger partial charge on any atom is -0.467 e. The Kier molecular flexibility index (Phi) is 2.93. The number of ether oxygens (including phenoxy) is 2. The summed E-state index contributed by atoms with van der Waals surface area (Å²) in [7, 11) is 0. The summed E-state index contributed by atoms with van der Waals surface area (Å²) < 4.78 is 10.4. The summed E-state index contributed by atoms with van der Waals surface area (Å²) in [6, 6.07) is 3.62. The highest BCUT2D eigenvalue weighted by Gasteiger charge is 2.14. The fourth-order valence-corrected chi connectivity index (χ4v) is 1.80. The zero-order valence-electron chi connectivity index (χ0n) is 8.38. The van der Waals surface area contributed by atoms with E-state index in [1.54, 1.807) is 13.0 Å². The van der Waals surface area contributed by atoms with Crippen LogP contribution in [0.1, 0.15) is 18.1 Å². The van der Waals surface area contributed by atoms with E-state index >= 15 is 0 Å². The molecule has 0 fully saturated rings. The van der Waals surface area contributed by atoms with Gasteiger partial charge in [-0.3, -0.25) is 4.79 Å². The largest absolute Gasteiger partial charge is 0.467 e. The van der Waals surface area contributed by atoms with Crippen LogP contribution in [0.25, 0.3) is 0 Å². The predicted octanol–water partition coefficient (Wildman–Crippen LogP) is 2.34. The van der Waals surface area contributed by atoms with Gasteiger partial charge in [0.25, 0.3) is 0 Å². The lowest BCUT2D eigenvalue weighted by molar-refractivity contribution is -0.116. The number of carbonyl (C=O) groups is 1. The van der Waals surface area contributed by atoms with Crippen LogP contribution in [0.5, 0.6) is 5.75 Å². The maximum absolute atomic E-state index is 11.0. The standard InChI is InChI=1S/C11H11ClO3/c1-7(13)2-8-4-11-9(3-10(8)12)5-14-6-15-11/h3-4H,2,5-6H2,1H3. The lowest BCUT2D eigenvalue weighted by Crippen LogP contribution is -2.12. The number of benzene rings is 1. The van der Waals surface area contributed by atoms with Gasteiger partial charge in [-0.25, -0.2) is 0 Å². The maximum atomic E-state index is 11.0. The smallest absolute Gasteiger partial charge is 0.189 e. The van der Waals surface area contributed by atoms with Gasteiger partial charge in [0.1, 0.15) is 11.5 Å². The van der Waals surface area contributed by atoms with E-state index in [0.717, 1.165) is 16.9 Å². The summed E-state index contributed by atoms with van der Waals surface area (Å²) in [6.45, 7) is 2.31. The van der Waals surface area contributed by atoms with Crippen LogP contribution in [0, 0.1) is 0 Å². The molecule has 0 amide bonds. The first-order valence-electron chi connectivity index (χ1n) is 4.68. The van der Waals surface area contributed by atoms with Crippen molar-refractivity contribution in [3.63, 3.8) is 0 Å². The number of carbonyl (C=O) groups excluding carboxylic acids is 1. The monoisotopic (exact) mass is 226 g/mol. The van der Waals surface area contributed by atoms with Crippen molar-refractivity contribution in [2.45, 2.75) is 20.0 Å². The number of rotatable bonds is 2. The van der Waals surface area contributed by atoms with Gasteiger partial charge < -0.3 is 9.47 Å². The number of Topliss-reactive ketones (excluding diaryl/α,β-unsaturated/α-hetero) is 1. The van der Waals surface area contributed by atoms with Crippen molar-refractivity contribution in [2.75, 3.05) is 6.79 Å². The van der Waals surface area contributed by atoms with E-state index in [-0.39, 0.29) is 12.6 Å². The van der Waals surface area contributed by atoms with Gasteiger partial charge >= 0.3 is 0 Å². The Labute approximate surface area is 92.9 Å². The highest BCUT2D eigenvalue weighted by molar-refractivity contribution is 6.31. The molecular formula is C11H11ClO3. The average molecular weight is 227 g/mol. The number of hydrogen-bond donors (Lipinski definition) is 0. The first kappa shape index (κ1) is 10.5. The molecule has 1 aliphatic heterocycles. The molecule has 2 rings (SSSR count). The highest BCUT2D eigenvalue weighted by atomic mass is 35.5. The van der Waals surface area contributed by atoms with Gasteiger partial charge in [-0.15, -0.1) is 0 Å². The average Bonchev–Trinajstić information content (AvgIpc) is 2.18. The van der Waals surface area contributed by atoms with Crippen molar-refractivity contribution < 1.29 is 14.3 Å². The molecular weight excluding hydrogens is 216 g/mol. The Morgan fingerprint density at radius 2 is 2.33 bits per heavy atom. The number of fused-ring (bicyclic) bond motifs is 1. The molecule has 0 radical (unpaired) electrons. The van der Waals surface area contributed by atoms with Gasteiger partial charge in [-0.2, -0.15) is 0 Å². The van der Waals surface area contributed by atoms with Crippen molar-refractivity contribution in [3.05, 3.63) is 28.3 Å². The summed E-state index contributed by atoms with van der Waals surface area (Å²) in [4.78, 5) is 11.0. The summed E-state index contributed by atoms with van der Waals surface area (Å²) in [6.07, 6.45) is 0.344. The van der Waals surface area contributed by atoms with E-state index in [2.05, 4.69) is 0 Å². The Hall–Kier alpha value is -1.06. The molecule has 3 nitrogen and oxygen atoms in total. The van der Waals surface area contributed by atoms with E-state index in [4.69, 9.17) is 21.1 Å². The van der Waals surface area contributed by atoms with Crippen LogP contribution < -0.4 is 4.74 Å². The molecule has 0 aliphatic carbocycles. The number of hydrogen-bond acceptors (Lipinski definition) is 3. The van der Waals surface area contributed by atoms with E-state index in [1.807, 2.05) is 6.07 Å². The van der Waals surface area contributed by atoms with E-state index in [0.29, 0.717) is 18.1 Å². The zero-order chi connectivity index (χ0) is 10.8. The summed E-state index contributed by atoms with van der Waals surface area (Å²) in [5.74, 6) is 0.853. The molecule has 1 aromatic carbocycles. The van der Waals surface area contributed by atoms with Crippen molar-refractivity contribution in [1.29, 1.82) is 0 Å². The van der Waals surface area contributed by atoms with Crippen molar-refractivity contribution in [1.82, 2.24) is 0 Å². The molecule has 1 aliphatic rings. The molecule has 0 bridgehead atoms. The Bertz CT molecular complexity index is 401. The molecule has 80 valence electrons. The molecule has 0 saturated carbocycles. The van der Waals surface area contributed by atoms with E-state index in [9.17, 15) is 4.79 Å². The van der Waals surface area contributed by atoms with Gasteiger partial charge in [0.05, 0.1) is 6.61 Å². The second-order valence-electron chi connectivity index (χ2n) is 3.54. The third-order valence-electron chi connectivity index (χ3n) is 2.22. The van der Waals surface area contributed by atoms with Crippen LogP contribution in [-0.4, -0.2) is 12.6 Å². The Morgan fingerprint density at radius 3 is 3.07 bits per heavy atom. The van der Waals surface area contributed by atoms with Crippen LogP contribution >= 0.6 is 11.6 Å². The normalized spacial score (nSPS) is 14.3. The highest BCUT2D eigenvalue weighted by Crippen LogP contribution is 2.30. The lowest BCUT2D eigenvalue weighted by atomic mass is 10.1. The van der Waals surface area contributed by atoms with E-state index < -0.39 is 0 Å². The van der Waals surface area contributed by atoms with Gasteiger partial charge in [-0.05, 0) is 24.6 Å². The summed E-state index contributed by atoms with van der Waals surface area (Å²) in [5, 5.41) is 0.595. The molecule has 15 heavy (non-hydrogen) atoms. The van der Waals surface area contributed by atoms with Crippen LogP contribution in [-0.2, 0) is 22.6 Å². The third kappa shape index (κ3) is 2.30. The van der Waals surface area contributed by atoms with Gasteiger partial charge in [0.2, 0.25) is 0 Å². The molecule has 0 unspecified atom stereocenters. The first-order valence-corrected chi connectivity index (χ1v) is 5.06. The molecule has 0 aromatic heterocycles. The van der Waals surface area contributed by atoms with Crippen LogP contribution in [0.3, 0.4) is 0 Å². The molecule has 1 heterocycles. The van der Waals surface area contributed by atoms with Crippen molar-refractivity contribution in [2.24, 2.45) is 0 Å². The summed E-state index contributed by atoms with van der Waals surface area (Å²) in [5.41, 5.74) is 1.74. The topological polar surface area (TPSA) is 35.5 Å². The zero-order valence-corrected chi connectivity index (χ0v) is 9.13. The molecule has 0 atom stereocenters. The minimum absolute atomic E-state index is 0.0870. The van der Waals surface area contributed by atoms with Gasteiger partial charge in [0.15, 0.2) is 6.79 Å². The fraction of sp³-hybridized carbons (Fsp3) is 0.364. The molecule has 1 aromatic rings. The SMILES string of the molecule is CC(=O)Cc1cc2c(cc1Cl)COCO2. The fourth-order valence-electron chi connectivity index (χ4n) is 1.54.